The molecule has 2 heteroatoms. The van der Waals surface area contributed by atoms with Crippen LogP contribution in [0.4, 0.5) is 0 Å². The second-order valence-electron chi connectivity index (χ2n) is 3.93. The van der Waals surface area contributed by atoms with Gasteiger partial charge in [-0.15, -0.1) is 0 Å². The van der Waals surface area contributed by atoms with Gasteiger partial charge in [-0.25, -0.2) is 0 Å². The number of benzene rings is 1. The van der Waals surface area contributed by atoms with Gasteiger partial charge >= 0.3 is 0 Å². The fourth-order valence-corrected chi connectivity index (χ4v) is 1.62. The van der Waals surface area contributed by atoms with Crippen molar-refractivity contribution in [2.75, 3.05) is 6.61 Å². The van der Waals surface area contributed by atoms with E-state index in [4.69, 9.17) is 10.1 Å². The molecule has 0 heterocycles. The van der Waals surface area contributed by atoms with E-state index in [1.165, 1.54) is 25.5 Å². The van der Waals surface area contributed by atoms with Crippen molar-refractivity contribution in [1.29, 1.82) is 5.41 Å². The second kappa shape index (κ2) is 8.05. The summed E-state index contributed by atoms with van der Waals surface area (Å²) in [6.07, 6.45) is 6.01. The third-order valence-electron chi connectivity index (χ3n) is 2.57. The molecule has 1 N–H and O–H groups in total. The summed E-state index contributed by atoms with van der Waals surface area (Å²) < 4.78 is 5.68. The zero-order valence-corrected chi connectivity index (χ0v) is 9.99. The summed E-state index contributed by atoms with van der Waals surface area (Å²) in [5, 5.41) is 7.36. The van der Waals surface area contributed by atoms with E-state index in [2.05, 4.69) is 6.92 Å². The molecule has 0 saturated carbocycles. The Balaban J connectivity index is 2.30. The van der Waals surface area contributed by atoms with Crippen molar-refractivity contribution in [1.82, 2.24) is 0 Å². The highest BCUT2D eigenvalue weighted by Crippen LogP contribution is 2.15. The van der Waals surface area contributed by atoms with Gasteiger partial charge in [-0.2, -0.15) is 0 Å². The number of nitrogens with one attached hydrogen (secondary N) is 1. The predicted octanol–water partition coefficient (Wildman–Crippen LogP) is 3.97. The third-order valence-corrected chi connectivity index (χ3v) is 2.57. The minimum Gasteiger partial charge on any atom is -0.368 e. The van der Waals surface area contributed by atoms with Crippen LogP contribution in [0.5, 0.6) is 0 Å². The highest BCUT2D eigenvalue weighted by Gasteiger charge is 2.07. The monoisotopic (exact) mass is 219 g/mol. The summed E-state index contributed by atoms with van der Waals surface area (Å²) in [7, 11) is 0. The van der Waals surface area contributed by atoms with E-state index in [1.807, 2.05) is 30.3 Å². The third kappa shape index (κ3) is 4.58. The molecule has 2 nitrogen and oxygen atoms in total. The first-order chi connectivity index (χ1) is 7.88. The molecular weight excluding hydrogens is 198 g/mol. The molecule has 1 unspecified atom stereocenters. The number of hydrogen-bond acceptors (Lipinski definition) is 2. The summed E-state index contributed by atoms with van der Waals surface area (Å²) in [5.74, 6) is 0. The van der Waals surface area contributed by atoms with Crippen LogP contribution in [0.1, 0.15) is 44.3 Å². The average Bonchev–Trinajstić information content (AvgIpc) is 2.35. The maximum Gasteiger partial charge on any atom is 0.117 e. The molecule has 0 bridgehead atoms. The molecule has 0 aromatic heterocycles. The maximum atomic E-state index is 7.36. The molecule has 88 valence electrons. The summed E-state index contributed by atoms with van der Waals surface area (Å²) in [6, 6.07) is 9.94. The zero-order chi connectivity index (χ0) is 11.6. The lowest BCUT2D eigenvalue weighted by Crippen LogP contribution is -2.06. The Morgan fingerprint density at radius 3 is 2.56 bits per heavy atom. The van der Waals surface area contributed by atoms with Gasteiger partial charge in [0.05, 0.1) is 0 Å². The summed E-state index contributed by atoms with van der Waals surface area (Å²) >= 11 is 0. The predicted molar refractivity (Wildman–Crippen MR) is 68.1 cm³/mol. The number of rotatable bonds is 8. The van der Waals surface area contributed by atoms with Crippen LogP contribution < -0.4 is 0 Å². The Kier molecular flexibility index (Phi) is 6.50. The molecule has 0 aliphatic carbocycles. The van der Waals surface area contributed by atoms with Gasteiger partial charge in [-0.3, -0.25) is 0 Å². The normalized spacial score (nSPS) is 12.3. The van der Waals surface area contributed by atoms with Gasteiger partial charge in [0.15, 0.2) is 0 Å². The van der Waals surface area contributed by atoms with Crippen LogP contribution in [-0.2, 0) is 4.74 Å². The lowest BCUT2D eigenvalue weighted by molar-refractivity contribution is 0.0971. The lowest BCUT2D eigenvalue weighted by Gasteiger charge is -2.13. The van der Waals surface area contributed by atoms with E-state index in [0.29, 0.717) is 0 Å². The van der Waals surface area contributed by atoms with Gasteiger partial charge < -0.3 is 10.1 Å². The molecule has 1 aromatic carbocycles. The van der Waals surface area contributed by atoms with E-state index in [0.717, 1.165) is 18.6 Å². The van der Waals surface area contributed by atoms with Crippen LogP contribution in [0.15, 0.2) is 30.3 Å². The topological polar surface area (TPSA) is 33.1 Å². The molecule has 16 heavy (non-hydrogen) atoms. The molecule has 1 rings (SSSR count). The standard InChI is InChI=1S/C14H21NO/c1-2-3-4-8-11-16-14(12-15)13-9-6-5-7-10-13/h5-7,9-10,12,14-15H,2-4,8,11H2,1H3. The Labute approximate surface area is 98.1 Å². The van der Waals surface area contributed by atoms with Gasteiger partial charge in [0.1, 0.15) is 6.10 Å². The van der Waals surface area contributed by atoms with Gasteiger partial charge in [0, 0.05) is 12.8 Å². The van der Waals surface area contributed by atoms with Gasteiger partial charge in [0.2, 0.25) is 0 Å². The quantitative estimate of drug-likeness (QED) is 0.520. The Bertz CT molecular complexity index is 284. The van der Waals surface area contributed by atoms with E-state index >= 15 is 0 Å². The van der Waals surface area contributed by atoms with Crippen molar-refractivity contribution in [3.8, 4) is 0 Å². The molecule has 0 amide bonds. The summed E-state index contributed by atoms with van der Waals surface area (Å²) in [5.41, 5.74) is 1.06. The highest BCUT2D eigenvalue weighted by atomic mass is 16.5. The number of hydrogen-bond donors (Lipinski definition) is 1. The highest BCUT2D eigenvalue weighted by molar-refractivity contribution is 5.62. The van der Waals surface area contributed by atoms with Crippen LogP contribution in [0.2, 0.25) is 0 Å². The number of unbranched alkanes of at least 4 members (excludes halogenated alkanes) is 3. The maximum absolute atomic E-state index is 7.36. The van der Waals surface area contributed by atoms with Crippen LogP contribution in [0.3, 0.4) is 0 Å². The van der Waals surface area contributed by atoms with Crippen LogP contribution in [-0.4, -0.2) is 12.8 Å². The Morgan fingerprint density at radius 2 is 1.94 bits per heavy atom. The fraction of sp³-hybridized carbons (Fsp3) is 0.500. The summed E-state index contributed by atoms with van der Waals surface area (Å²) in [6.45, 7) is 2.94. The first-order valence-electron chi connectivity index (χ1n) is 6.05. The molecule has 0 saturated heterocycles. The van der Waals surface area contributed by atoms with Crippen molar-refractivity contribution in [2.45, 2.75) is 38.7 Å². The molecule has 0 aliphatic rings. The van der Waals surface area contributed by atoms with Crippen molar-refractivity contribution < 1.29 is 4.74 Å². The van der Waals surface area contributed by atoms with Crippen LogP contribution >= 0.6 is 0 Å². The summed E-state index contributed by atoms with van der Waals surface area (Å²) in [4.78, 5) is 0. The molecule has 0 fully saturated rings. The molecule has 1 atom stereocenters. The average molecular weight is 219 g/mol. The molecule has 0 aliphatic heterocycles. The first kappa shape index (κ1) is 12.9. The Morgan fingerprint density at radius 1 is 1.19 bits per heavy atom. The lowest BCUT2D eigenvalue weighted by atomic mass is 10.1. The van der Waals surface area contributed by atoms with Crippen molar-refractivity contribution in [2.24, 2.45) is 0 Å². The molecular formula is C14H21NO. The smallest absolute Gasteiger partial charge is 0.117 e. The van der Waals surface area contributed by atoms with E-state index in [9.17, 15) is 0 Å². The second-order valence-corrected chi connectivity index (χ2v) is 3.93. The molecule has 0 radical (unpaired) electrons. The van der Waals surface area contributed by atoms with E-state index < -0.39 is 0 Å². The molecule has 1 aromatic rings. The van der Waals surface area contributed by atoms with Crippen LogP contribution in [0, 0.1) is 5.41 Å². The fourth-order valence-electron chi connectivity index (χ4n) is 1.62. The molecule has 0 spiro atoms. The van der Waals surface area contributed by atoms with Crippen molar-refractivity contribution in [3.05, 3.63) is 35.9 Å². The SMILES string of the molecule is CCCCCCOC(C=N)c1ccccc1. The van der Waals surface area contributed by atoms with Gasteiger partial charge in [-0.1, -0.05) is 56.5 Å². The van der Waals surface area contributed by atoms with Crippen LogP contribution in [0.25, 0.3) is 0 Å². The largest absolute Gasteiger partial charge is 0.368 e. The van der Waals surface area contributed by atoms with E-state index in [-0.39, 0.29) is 6.10 Å². The van der Waals surface area contributed by atoms with Crippen molar-refractivity contribution in [3.63, 3.8) is 0 Å². The minimum absolute atomic E-state index is 0.178. The van der Waals surface area contributed by atoms with E-state index in [1.54, 1.807) is 0 Å². The number of ether oxygens (including phenoxy) is 1. The minimum atomic E-state index is -0.178. The zero-order valence-electron chi connectivity index (χ0n) is 9.99. The van der Waals surface area contributed by atoms with Crippen molar-refractivity contribution >= 4 is 6.21 Å². The van der Waals surface area contributed by atoms with Gasteiger partial charge in [-0.05, 0) is 12.0 Å². The van der Waals surface area contributed by atoms with Gasteiger partial charge in [0.25, 0.3) is 0 Å². The Hall–Kier alpha value is -1.15. The first-order valence-corrected chi connectivity index (χ1v) is 6.05.